The second kappa shape index (κ2) is 9.03. The number of hydrogen-bond acceptors (Lipinski definition) is 6. The molecular weight excluding hydrogens is 426 g/mol. The number of nitrogens with one attached hydrogen (secondary N) is 1. The Hall–Kier alpha value is -4.10. The Kier molecular flexibility index (Phi) is 5.77. The number of aliphatic imine (C=N–C) groups is 1. The summed E-state index contributed by atoms with van der Waals surface area (Å²) in [7, 11) is 0. The maximum absolute atomic E-state index is 11.8. The molecule has 2 N–H and O–H groups in total. The highest BCUT2D eigenvalue weighted by Crippen LogP contribution is 2.38. The quantitative estimate of drug-likeness (QED) is 0.381. The van der Waals surface area contributed by atoms with E-state index >= 15 is 0 Å². The van der Waals surface area contributed by atoms with Crippen molar-refractivity contribution in [2.24, 2.45) is 4.99 Å². The van der Waals surface area contributed by atoms with Crippen molar-refractivity contribution in [3.63, 3.8) is 0 Å². The van der Waals surface area contributed by atoms with Crippen molar-refractivity contribution in [2.75, 3.05) is 0 Å². The fourth-order valence-corrected chi connectivity index (χ4v) is 4.21. The monoisotopic (exact) mass is 451 g/mol. The highest BCUT2D eigenvalue weighted by molar-refractivity contribution is 5.75. The first kappa shape index (κ1) is 21.7. The number of ether oxygens (including phenoxy) is 1. The van der Waals surface area contributed by atoms with Gasteiger partial charge in [0.25, 0.3) is 0 Å². The number of aromatic nitrogens is 4. The molecule has 4 aromatic rings. The summed E-state index contributed by atoms with van der Waals surface area (Å²) in [5.41, 5.74) is 2.73. The Balaban J connectivity index is 1.41. The third-order valence-corrected chi connectivity index (χ3v) is 6.11. The molecule has 2 unspecified atom stereocenters. The van der Waals surface area contributed by atoms with E-state index in [1.54, 1.807) is 37.2 Å². The topological polar surface area (TPSA) is 96.3 Å². The lowest BCUT2D eigenvalue weighted by atomic mass is 9.83. The fraction of sp³-hybridized carbons (Fsp3) is 0.185. The Morgan fingerprint density at radius 3 is 2.41 bits per heavy atom. The van der Waals surface area contributed by atoms with Gasteiger partial charge in [-0.25, -0.2) is 4.98 Å². The summed E-state index contributed by atoms with van der Waals surface area (Å²) in [6.45, 7) is 1.99. The molecule has 2 atom stereocenters. The number of pyridine rings is 2. The lowest BCUT2D eigenvalue weighted by Crippen LogP contribution is -2.56. The minimum Gasteiger partial charge on any atom is -0.459 e. The Morgan fingerprint density at radius 2 is 1.76 bits per heavy atom. The SMILES string of the molecule is CCC1(C(O)(Cc2cccnc2)Oc2ccc(-c3cnc(-c4cccnc4)[nH]3)cc2)C=CC=N1. The van der Waals surface area contributed by atoms with E-state index in [-0.39, 0.29) is 6.42 Å². The molecule has 1 aromatic carbocycles. The highest BCUT2D eigenvalue weighted by atomic mass is 16.6. The summed E-state index contributed by atoms with van der Waals surface area (Å²) in [5.74, 6) is -0.285. The minimum absolute atomic E-state index is 0.243. The standard InChI is InChI=1S/C27H25N5O2/c1-2-26(12-5-15-31-26)27(33,16-20-6-3-13-28-17-20)34-23-10-8-21(9-11-23)24-19-30-25(32-24)22-7-4-14-29-18-22/h3-15,17-19,33H,2,16H2,1H3,(H,30,32). The molecule has 0 saturated carbocycles. The molecule has 1 aliphatic heterocycles. The van der Waals surface area contributed by atoms with Crippen LogP contribution in [-0.2, 0) is 6.42 Å². The Labute approximate surface area is 197 Å². The van der Waals surface area contributed by atoms with Crippen molar-refractivity contribution in [3.05, 3.63) is 97.2 Å². The zero-order chi connectivity index (χ0) is 23.4. The number of hydrogen-bond donors (Lipinski definition) is 2. The molecular formula is C27H25N5O2. The Bertz CT molecular complexity index is 1290. The molecule has 3 aromatic heterocycles. The summed E-state index contributed by atoms with van der Waals surface area (Å²) in [6, 6.07) is 15.2. The van der Waals surface area contributed by atoms with Gasteiger partial charge in [0, 0.05) is 43.0 Å². The lowest BCUT2D eigenvalue weighted by Gasteiger charge is -2.41. The minimum atomic E-state index is -1.59. The lowest BCUT2D eigenvalue weighted by molar-refractivity contribution is -0.174. The van der Waals surface area contributed by atoms with E-state index in [1.807, 2.05) is 67.6 Å². The van der Waals surface area contributed by atoms with Crippen LogP contribution in [0.4, 0.5) is 0 Å². The second-order valence-corrected chi connectivity index (χ2v) is 8.25. The molecule has 0 fully saturated rings. The van der Waals surface area contributed by atoms with Crippen LogP contribution in [0.2, 0.25) is 0 Å². The van der Waals surface area contributed by atoms with Crippen LogP contribution in [0.25, 0.3) is 22.6 Å². The van der Waals surface area contributed by atoms with E-state index in [4.69, 9.17) is 4.74 Å². The largest absolute Gasteiger partial charge is 0.459 e. The molecule has 170 valence electrons. The fourth-order valence-electron chi connectivity index (χ4n) is 4.21. The summed E-state index contributed by atoms with van der Waals surface area (Å²) in [4.78, 5) is 20.7. The van der Waals surface area contributed by atoms with Crippen molar-refractivity contribution < 1.29 is 9.84 Å². The van der Waals surface area contributed by atoms with Crippen LogP contribution in [0.3, 0.4) is 0 Å². The van der Waals surface area contributed by atoms with Gasteiger partial charge in [0.05, 0.1) is 11.9 Å². The van der Waals surface area contributed by atoms with Gasteiger partial charge in [-0.2, -0.15) is 0 Å². The highest BCUT2D eigenvalue weighted by Gasteiger charge is 2.51. The first-order valence-corrected chi connectivity index (χ1v) is 11.2. The number of allylic oxidation sites excluding steroid dienone is 1. The molecule has 0 amide bonds. The molecule has 7 nitrogen and oxygen atoms in total. The Morgan fingerprint density at radius 1 is 0.971 bits per heavy atom. The van der Waals surface area contributed by atoms with Crippen molar-refractivity contribution in [3.8, 4) is 28.4 Å². The van der Waals surface area contributed by atoms with Crippen LogP contribution < -0.4 is 4.74 Å². The predicted octanol–water partition coefficient (Wildman–Crippen LogP) is 4.63. The van der Waals surface area contributed by atoms with E-state index in [9.17, 15) is 5.11 Å². The van der Waals surface area contributed by atoms with Gasteiger partial charge in [0.1, 0.15) is 17.1 Å². The molecule has 4 heterocycles. The van der Waals surface area contributed by atoms with Crippen molar-refractivity contribution in [2.45, 2.75) is 31.1 Å². The van der Waals surface area contributed by atoms with Gasteiger partial charge < -0.3 is 14.8 Å². The van der Waals surface area contributed by atoms with Gasteiger partial charge in [0.2, 0.25) is 5.79 Å². The molecule has 5 rings (SSSR count). The van der Waals surface area contributed by atoms with Gasteiger partial charge in [-0.15, -0.1) is 0 Å². The molecule has 0 saturated heterocycles. The predicted molar refractivity (Wildman–Crippen MR) is 131 cm³/mol. The number of imidazole rings is 1. The molecule has 0 radical (unpaired) electrons. The summed E-state index contributed by atoms with van der Waals surface area (Å²) in [6.07, 6.45) is 15.0. The zero-order valence-electron chi connectivity index (χ0n) is 18.8. The van der Waals surface area contributed by atoms with Crippen LogP contribution in [0.1, 0.15) is 18.9 Å². The maximum Gasteiger partial charge on any atom is 0.241 e. The van der Waals surface area contributed by atoms with Gasteiger partial charge in [-0.05, 0) is 72.2 Å². The van der Waals surface area contributed by atoms with Crippen molar-refractivity contribution in [1.82, 2.24) is 19.9 Å². The smallest absolute Gasteiger partial charge is 0.241 e. The number of nitrogens with zero attached hydrogens (tertiary/aromatic N) is 4. The molecule has 7 heteroatoms. The van der Waals surface area contributed by atoms with Crippen LogP contribution in [-0.4, -0.2) is 42.6 Å². The van der Waals surface area contributed by atoms with Gasteiger partial charge in [-0.3, -0.25) is 15.0 Å². The third kappa shape index (κ3) is 4.13. The van der Waals surface area contributed by atoms with Crippen molar-refractivity contribution >= 4 is 6.21 Å². The maximum atomic E-state index is 11.8. The zero-order valence-corrected chi connectivity index (χ0v) is 18.8. The van der Waals surface area contributed by atoms with Gasteiger partial charge in [0.15, 0.2) is 0 Å². The molecule has 34 heavy (non-hydrogen) atoms. The van der Waals surface area contributed by atoms with E-state index in [0.717, 1.165) is 28.2 Å². The normalized spacial score (nSPS) is 18.6. The number of aliphatic hydroxyl groups is 1. The molecule has 1 aliphatic rings. The van der Waals surface area contributed by atoms with E-state index in [2.05, 4.69) is 24.9 Å². The van der Waals surface area contributed by atoms with Gasteiger partial charge in [-0.1, -0.05) is 13.0 Å². The van der Waals surface area contributed by atoms with Crippen LogP contribution in [0.15, 0.2) is 96.7 Å². The average Bonchev–Trinajstić information content (AvgIpc) is 3.57. The third-order valence-electron chi connectivity index (χ3n) is 6.11. The second-order valence-electron chi connectivity index (χ2n) is 8.25. The van der Waals surface area contributed by atoms with E-state index in [1.165, 1.54) is 0 Å². The molecule has 0 aliphatic carbocycles. The first-order chi connectivity index (χ1) is 16.6. The first-order valence-electron chi connectivity index (χ1n) is 11.2. The number of benzene rings is 1. The number of aromatic amines is 1. The van der Waals surface area contributed by atoms with E-state index in [0.29, 0.717) is 12.2 Å². The summed E-state index contributed by atoms with van der Waals surface area (Å²) >= 11 is 0. The van der Waals surface area contributed by atoms with Crippen LogP contribution >= 0.6 is 0 Å². The van der Waals surface area contributed by atoms with Crippen LogP contribution in [0, 0.1) is 0 Å². The summed E-state index contributed by atoms with van der Waals surface area (Å²) in [5, 5.41) is 11.8. The van der Waals surface area contributed by atoms with E-state index < -0.39 is 11.3 Å². The summed E-state index contributed by atoms with van der Waals surface area (Å²) < 4.78 is 6.28. The van der Waals surface area contributed by atoms with Gasteiger partial charge >= 0.3 is 0 Å². The average molecular weight is 452 g/mol. The molecule has 0 spiro atoms. The van der Waals surface area contributed by atoms with Crippen LogP contribution in [0.5, 0.6) is 5.75 Å². The number of H-pyrrole nitrogens is 1. The van der Waals surface area contributed by atoms with Crippen molar-refractivity contribution in [1.29, 1.82) is 0 Å². The number of rotatable bonds is 8. The molecule has 0 bridgehead atoms.